The predicted octanol–water partition coefficient (Wildman–Crippen LogP) is 1.49. The van der Waals surface area contributed by atoms with E-state index in [1.165, 1.54) is 4.90 Å². The van der Waals surface area contributed by atoms with Gasteiger partial charge in [0, 0.05) is 38.6 Å². The molecule has 0 aromatic carbocycles. The molecule has 2 aromatic heterocycles. The molecule has 3 heterocycles. The molecule has 162 valence electrons. The first-order chi connectivity index (χ1) is 13.9. The molecule has 0 unspecified atom stereocenters. The van der Waals surface area contributed by atoms with Gasteiger partial charge in [-0.3, -0.25) is 9.59 Å². The number of halogens is 6. The van der Waals surface area contributed by atoms with Crippen LogP contribution in [0.2, 0.25) is 0 Å². The van der Waals surface area contributed by atoms with Crippen LogP contribution in [0.1, 0.15) is 16.8 Å². The fourth-order valence-electron chi connectivity index (χ4n) is 2.80. The minimum atomic E-state index is -4.87. The Morgan fingerprint density at radius 2 is 1.60 bits per heavy atom. The van der Waals surface area contributed by atoms with Crippen LogP contribution in [0.25, 0.3) is 0 Å². The Labute approximate surface area is 164 Å². The number of aromatic amines is 1. The summed E-state index contributed by atoms with van der Waals surface area (Å²) in [6.07, 6.45) is -8.54. The van der Waals surface area contributed by atoms with Gasteiger partial charge in [-0.25, -0.2) is 15.1 Å². The van der Waals surface area contributed by atoms with Crippen molar-refractivity contribution in [1.82, 2.24) is 25.1 Å². The lowest BCUT2D eigenvalue weighted by Gasteiger charge is -2.34. The Kier molecular flexibility index (Phi) is 5.67. The van der Waals surface area contributed by atoms with E-state index in [4.69, 9.17) is 0 Å². The third-order valence-corrected chi connectivity index (χ3v) is 4.38. The molecule has 14 heteroatoms. The molecule has 1 aliphatic rings. The van der Waals surface area contributed by atoms with Gasteiger partial charge in [-0.2, -0.15) is 31.4 Å². The normalized spacial score (nSPS) is 15.4. The second-order valence-electron chi connectivity index (χ2n) is 6.41. The van der Waals surface area contributed by atoms with Crippen molar-refractivity contribution in [2.45, 2.75) is 18.8 Å². The van der Waals surface area contributed by atoms with Crippen LogP contribution in [0.15, 0.2) is 23.3 Å². The number of anilines is 1. The van der Waals surface area contributed by atoms with Crippen LogP contribution in [0.4, 0.5) is 32.3 Å². The highest BCUT2D eigenvalue weighted by Crippen LogP contribution is 2.28. The summed E-state index contributed by atoms with van der Waals surface area (Å²) in [5, 5.41) is 5.20. The molecule has 1 fully saturated rings. The van der Waals surface area contributed by atoms with E-state index in [1.54, 1.807) is 10.00 Å². The minimum Gasteiger partial charge on any atom is -0.339 e. The molecule has 1 N–H and O–H groups in total. The van der Waals surface area contributed by atoms with Gasteiger partial charge in [0.1, 0.15) is 5.56 Å². The molecule has 0 bridgehead atoms. The van der Waals surface area contributed by atoms with Crippen LogP contribution >= 0.6 is 0 Å². The monoisotopic (exact) mass is 436 g/mol. The molecule has 0 radical (unpaired) electrons. The van der Waals surface area contributed by atoms with Gasteiger partial charge in [-0.05, 0) is 6.07 Å². The fourth-order valence-corrected chi connectivity index (χ4v) is 2.80. The van der Waals surface area contributed by atoms with Crippen molar-refractivity contribution in [3.05, 3.63) is 45.6 Å². The second kappa shape index (κ2) is 7.91. The van der Waals surface area contributed by atoms with Crippen molar-refractivity contribution >= 4 is 11.9 Å². The number of piperazine rings is 1. The first-order valence-electron chi connectivity index (χ1n) is 8.53. The average Bonchev–Trinajstić information content (AvgIpc) is 2.68. The highest BCUT2D eigenvalue weighted by atomic mass is 19.4. The number of hydrogen-bond acceptors (Lipinski definition) is 6. The van der Waals surface area contributed by atoms with Crippen LogP contribution in [-0.2, 0) is 23.6 Å². The number of hydrogen-bond donors (Lipinski definition) is 1. The van der Waals surface area contributed by atoms with Crippen molar-refractivity contribution in [3.63, 3.8) is 0 Å². The summed E-state index contributed by atoms with van der Waals surface area (Å²) in [4.78, 5) is 33.9. The van der Waals surface area contributed by atoms with Gasteiger partial charge in [-0.1, -0.05) is 0 Å². The number of H-pyrrole nitrogens is 1. The van der Waals surface area contributed by atoms with Crippen LogP contribution in [-0.4, -0.2) is 57.2 Å². The molecule has 0 saturated carbocycles. The lowest BCUT2D eigenvalue weighted by molar-refractivity contribution is -0.139. The van der Waals surface area contributed by atoms with E-state index in [1.807, 2.05) is 0 Å². The smallest absolute Gasteiger partial charge is 0.339 e. The first-order valence-corrected chi connectivity index (χ1v) is 8.53. The third kappa shape index (κ3) is 4.86. The summed E-state index contributed by atoms with van der Waals surface area (Å²) in [7, 11) is 0. The SMILES string of the molecule is O=C(Cc1cc(C(F)(F)F)c(=O)[nH]n1)N1CCN(c2ncc(C(F)(F)F)cn2)CC1. The molecule has 2 aromatic rings. The number of nitrogens with zero attached hydrogens (tertiary/aromatic N) is 5. The molecule has 0 spiro atoms. The van der Waals surface area contributed by atoms with Crippen molar-refractivity contribution in [3.8, 4) is 0 Å². The maximum Gasteiger partial charge on any atom is 0.421 e. The van der Waals surface area contributed by atoms with Gasteiger partial charge in [0.25, 0.3) is 5.56 Å². The first kappa shape index (κ1) is 21.5. The molecule has 0 atom stereocenters. The highest BCUT2D eigenvalue weighted by molar-refractivity contribution is 5.78. The predicted molar refractivity (Wildman–Crippen MR) is 89.4 cm³/mol. The number of amides is 1. The summed E-state index contributed by atoms with van der Waals surface area (Å²) in [6.45, 7) is 0.783. The molecule has 1 aliphatic heterocycles. The number of carbonyl (C=O) groups excluding carboxylic acids is 1. The third-order valence-electron chi connectivity index (χ3n) is 4.38. The number of rotatable bonds is 3. The van der Waals surface area contributed by atoms with Gasteiger partial charge in [-0.15, -0.1) is 0 Å². The van der Waals surface area contributed by atoms with Gasteiger partial charge >= 0.3 is 12.4 Å². The quantitative estimate of drug-likeness (QED) is 0.733. The number of aromatic nitrogens is 4. The van der Waals surface area contributed by atoms with E-state index >= 15 is 0 Å². The van der Waals surface area contributed by atoms with Gasteiger partial charge < -0.3 is 9.80 Å². The molecule has 3 rings (SSSR count). The summed E-state index contributed by atoms with van der Waals surface area (Å²) >= 11 is 0. The van der Waals surface area contributed by atoms with Crippen molar-refractivity contribution in [2.75, 3.05) is 31.1 Å². The largest absolute Gasteiger partial charge is 0.421 e. The van der Waals surface area contributed by atoms with E-state index < -0.39 is 41.4 Å². The maximum absolute atomic E-state index is 12.8. The van der Waals surface area contributed by atoms with Gasteiger partial charge in [0.2, 0.25) is 11.9 Å². The highest BCUT2D eigenvalue weighted by Gasteiger charge is 2.35. The average molecular weight is 436 g/mol. The van der Waals surface area contributed by atoms with E-state index in [0.29, 0.717) is 18.5 Å². The molecular formula is C16H14F6N6O2. The number of nitrogens with one attached hydrogen (secondary N) is 1. The van der Waals surface area contributed by atoms with Gasteiger partial charge in [0.05, 0.1) is 17.7 Å². The van der Waals surface area contributed by atoms with Crippen LogP contribution in [0.5, 0.6) is 0 Å². The molecule has 0 aliphatic carbocycles. The van der Waals surface area contributed by atoms with Crippen molar-refractivity contribution in [1.29, 1.82) is 0 Å². The molecule has 8 nitrogen and oxygen atoms in total. The zero-order valence-corrected chi connectivity index (χ0v) is 15.1. The molecule has 1 saturated heterocycles. The zero-order chi connectivity index (χ0) is 22.1. The van der Waals surface area contributed by atoms with E-state index in [2.05, 4.69) is 15.1 Å². The van der Waals surface area contributed by atoms with E-state index in [9.17, 15) is 35.9 Å². The Hall–Kier alpha value is -3.19. The lowest BCUT2D eigenvalue weighted by Crippen LogP contribution is -2.49. The standard InChI is InChI=1S/C16H14F6N6O2/c17-15(18,19)9-7-23-14(24-8-9)28-3-1-27(2-4-28)12(29)6-10-5-11(16(20,21)22)13(30)26-25-10/h5,7-8H,1-4,6H2,(H,26,30). The topological polar surface area (TPSA) is 95.1 Å². The summed E-state index contributed by atoms with van der Waals surface area (Å²) in [6, 6.07) is 0.531. The Morgan fingerprint density at radius 1 is 1.00 bits per heavy atom. The number of carbonyl (C=O) groups is 1. The Balaban J connectivity index is 1.60. The van der Waals surface area contributed by atoms with Gasteiger partial charge in [0.15, 0.2) is 0 Å². The lowest BCUT2D eigenvalue weighted by atomic mass is 10.2. The molecular weight excluding hydrogens is 422 g/mol. The Bertz CT molecular complexity index is 964. The minimum absolute atomic E-state index is 0.0761. The Morgan fingerprint density at radius 3 is 2.13 bits per heavy atom. The van der Waals surface area contributed by atoms with Crippen LogP contribution in [0.3, 0.4) is 0 Å². The zero-order valence-electron chi connectivity index (χ0n) is 15.1. The van der Waals surface area contributed by atoms with E-state index in [0.717, 1.165) is 0 Å². The van der Waals surface area contributed by atoms with E-state index in [-0.39, 0.29) is 37.8 Å². The summed E-state index contributed by atoms with van der Waals surface area (Å²) in [5.74, 6) is -0.428. The van der Waals surface area contributed by atoms with Crippen molar-refractivity contribution in [2.24, 2.45) is 0 Å². The summed E-state index contributed by atoms with van der Waals surface area (Å²) in [5.41, 5.74) is -4.06. The summed E-state index contributed by atoms with van der Waals surface area (Å²) < 4.78 is 76.1. The maximum atomic E-state index is 12.8. The van der Waals surface area contributed by atoms with Crippen LogP contribution < -0.4 is 10.5 Å². The molecule has 1 amide bonds. The second-order valence-corrected chi connectivity index (χ2v) is 6.41. The fraction of sp³-hybridized carbons (Fsp3) is 0.438. The van der Waals surface area contributed by atoms with Crippen molar-refractivity contribution < 1.29 is 31.1 Å². The number of alkyl halides is 6. The molecule has 30 heavy (non-hydrogen) atoms. The van der Waals surface area contributed by atoms with Crippen LogP contribution in [0, 0.1) is 0 Å².